The average molecular weight is 284 g/mol. The minimum absolute atomic E-state index is 0.180. The average Bonchev–Trinajstić information content (AvgIpc) is 3.13. The Labute approximate surface area is 121 Å². The number of rotatable bonds is 6. The fourth-order valence-electron chi connectivity index (χ4n) is 3.14. The molecule has 1 aliphatic carbocycles. The number of amides is 1. The summed E-state index contributed by atoms with van der Waals surface area (Å²) in [5.41, 5.74) is -0.180. The van der Waals surface area contributed by atoms with Crippen molar-refractivity contribution >= 4 is 17.7 Å². The van der Waals surface area contributed by atoms with Gasteiger partial charge in [-0.2, -0.15) is 11.8 Å². The maximum atomic E-state index is 12.7. The van der Waals surface area contributed by atoms with Crippen LogP contribution in [0.25, 0.3) is 0 Å². The molecular weight excluding hydrogens is 256 g/mol. The van der Waals surface area contributed by atoms with E-state index in [4.69, 9.17) is 0 Å². The molecule has 1 amide bonds. The third kappa shape index (κ3) is 2.54. The zero-order chi connectivity index (χ0) is 14.3. The van der Waals surface area contributed by atoms with Gasteiger partial charge < -0.3 is 4.90 Å². The Balaban J connectivity index is 2.18. The summed E-state index contributed by atoms with van der Waals surface area (Å²) in [6, 6.07) is 0. The Kier molecular flexibility index (Phi) is 4.22. The maximum Gasteiger partial charge on any atom is 0.244 e. The molecular formula is C15H28N2OS. The highest BCUT2D eigenvalue weighted by atomic mass is 32.2. The van der Waals surface area contributed by atoms with Gasteiger partial charge in [0.15, 0.2) is 0 Å². The summed E-state index contributed by atoms with van der Waals surface area (Å²) in [4.78, 5) is 14.8. The van der Waals surface area contributed by atoms with Gasteiger partial charge in [-0.05, 0) is 37.9 Å². The van der Waals surface area contributed by atoms with Crippen LogP contribution in [-0.4, -0.2) is 40.1 Å². The summed E-state index contributed by atoms with van der Waals surface area (Å²) >= 11 is 1.92. The van der Waals surface area contributed by atoms with Crippen molar-refractivity contribution in [1.82, 2.24) is 10.2 Å². The van der Waals surface area contributed by atoms with Gasteiger partial charge in [0.25, 0.3) is 0 Å². The van der Waals surface area contributed by atoms with Crippen LogP contribution in [-0.2, 0) is 4.79 Å². The summed E-state index contributed by atoms with van der Waals surface area (Å²) in [6.07, 6.45) is 6.68. The summed E-state index contributed by atoms with van der Waals surface area (Å²) in [5.74, 6) is 0.823. The van der Waals surface area contributed by atoms with E-state index in [0.717, 1.165) is 32.2 Å². The first-order chi connectivity index (χ1) is 8.93. The minimum Gasteiger partial charge on any atom is -0.324 e. The molecule has 4 heteroatoms. The molecule has 0 radical (unpaired) electrons. The Bertz CT molecular complexity index is 340. The molecule has 1 saturated heterocycles. The van der Waals surface area contributed by atoms with Crippen LogP contribution in [0.15, 0.2) is 0 Å². The first-order valence-electron chi connectivity index (χ1n) is 7.57. The van der Waals surface area contributed by atoms with Gasteiger partial charge >= 0.3 is 0 Å². The van der Waals surface area contributed by atoms with Crippen LogP contribution in [0.5, 0.6) is 0 Å². The van der Waals surface area contributed by atoms with Gasteiger partial charge in [0.1, 0.15) is 0 Å². The first-order valence-corrected chi connectivity index (χ1v) is 8.80. The second kappa shape index (κ2) is 5.28. The number of nitrogens with one attached hydrogen (secondary N) is 1. The van der Waals surface area contributed by atoms with Crippen molar-refractivity contribution in [1.29, 1.82) is 0 Å². The molecule has 3 nitrogen and oxygen atoms in total. The standard InChI is InChI=1S/C15H28N2OS/c1-6-14(7-2,19-5)10-17-12(11(3)4)16-15(8-9-15)13(17)18/h11-12,16H,6-10H2,1-5H3. The lowest BCUT2D eigenvalue weighted by atomic mass is 10.00. The number of hydrogen-bond acceptors (Lipinski definition) is 3. The summed E-state index contributed by atoms with van der Waals surface area (Å²) in [6.45, 7) is 9.78. The predicted molar refractivity (Wildman–Crippen MR) is 82.3 cm³/mol. The summed E-state index contributed by atoms with van der Waals surface area (Å²) in [5, 5.41) is 3.60. The van der Waals surface area contributed by atoms with Crippen LogP contribution in [0.1, 0.15) is 53.4 Å². The van der Waals surface area contributed by atoms with Crippen LogP contribution in [0.4, 0.5) is 0 Å². The second-order valence-corrected chi connectivity index (χ2v) is 7.72. The molecule has 19 heavy (non-hydrogen) atoms. The van der Waals surface area contributed by atoms with E-state index in [0.29, 0.717) is 11.8 Å². The first kappa shape index (κ1) is 15.2. The van der Waals surface area contributed by atoms with Gasteiger partial charge in [-0.1, -0.05) is 27.7 Å². The van der Waals surface area contributed by atoms with E-state index in [1.807, 2.05) is 11.8 Å². The number of hydrogen-bond donors (Lipinski definition) is 1. The van der Waals surface area contributed by atoms with Crippen LogP contribution < -0.4 is 5.32 Å². The number of thioether (sulfide) groups is 1. The topological polar surface area (TPSA) is 32.3 Å². The van der Waals surface area contributed by atoms with E-state index in [-0.39, 0.29) is 16.5 Å². The lowest BCUT2D eigenvalue weighted by molar-refractivity contribution is -0.131. The van der Waals surface area contributed by atoms with Crippen molar-refractivity contribution in [2.45, 2.75) is 69.8 Å². The van der Waals surface area contributed by atoms with Crippen LogP contribution in [0, 0.1) is 5.92 Å². The zero-order valence-corrected chi connectivity index (χ0v) is 13.8. The fraction of sp³-hybridized carbons (Fsp3) is 0.933. The Morgan fingerprint density at radius 3 is 2.37 bits per heavy atom. The molecule has 1 unspecified atom stereocenters. The molecule has 1 N–H and O–H groups in total. The lowest BCUT2D eigenvalue weighted by Gasteiger charge is -2.37. The molecule has 0 aromatic rings. The fourth-order valence-corrected chi connectivity index (χ4v) is 3.99. The zero-order valence-electron chi connectivity index (χ0n) is 13.0. The third-order valence-corrected chi connectivity index (χ3v) is 6.56. The van der Waals surface area contributed by atoms with E-state index in [1.54, 1.807) is 0 Å². The van der Waals surface area contributed by atoms with Crippen LogP contribution in [0.2, 0.25) is 0 Å². The molecule has 0 aromatic heterocycles. The maximum absolute atomic E-state index is 12.7. The quantitative estimate of drug-likeness (QED) is 0.814. The van der Waals surface area contributed by atoms with E-state index < -0.39 is 0 Å². The van der Waals surface area contributed by atoms with E-state index in [2.05, 4.69) is 44.2 Å². The molecule has 2 fully saturated rings. The largest absolute Gasteiger partial charge is 0.324 e. The van der Waals surface area contributed by atoms with Crippen molar-refractivity contribution in [2.75, 3.05) is 12.8 Å². The number of carbonyl (C=O) groups excluding carboxylic acids is 1. The van der Waals surface area contributed by atoms with Gasteiger partial charge in [0.05, 0.1) is 11.7 Å². The van der Waals surface area contributed by atoms with Gasteiger partial charge in [0, 0.05) is 11.3 Å². The highest BCUT2D eigenvalue weighted by Crippen LogP contribution is 2.45. The van der Waals surface area contributed by atoms with Gasteiger partial charge in [-0.3, -0.25) is 10.1 Å². The van der Waals surface area contributed by atoms with Crippen LogP contribution in [0.3, 0.4) is 0 Å². The molecule has 1 spiro atoms. The smallest absolute Gasteiger partial charge is 0.244 e. The van der Waals surface area contributed by atoms with Crippen molar-refractivity contribution in [3.05, 3.63) is 0 Å². The summed E-state index contributed by atoms with van der Waals surface area (Å²) in [7, 11) is 0. The molecule has 110 valence electrons. The molecule has 2 rings (SSSR count). The van der Waals surface area contributed by atoms with Crippen molar-refractivity contribution in [3.8, 4) is 0 Å². The van der Waals surface area contributed by atoms with Crippen LogP contribution >= 0.6 is 11.8 Å². The predicted octanol–water partition coefficient (Wildman–Crippen LogP) is 2.85. The van der Waals surface area contributed by atoms with E-state index in [1.165, 1.54) is 0 Å². The minimum atomic E-state index is -0.180. The van der Waals surface area contributed by atoms with E-state index in [9.17, 15) is 4.79 Å². The monoisotopic (exact) mass is 284 g/mol. The molecule has 1 saturated carbocycles. The molecule has 1 atom stereocenters. The molecule has 2 aliphatic rings. The van der Waals surface area contributed by atoms with Crippen molar-refractivity contribution in [2.24, 2.45) is 5.92 Å². The SMILES string of the molecule is CCC(CC)(CN1C(=O)C2(CC2)NC1C(C)C)SC. The normalized spacial score (nSPS) is 25.7. The van der Waals surface area contributed by atoms with E-state index >= 15 is 0 Å². The molecule has 1 heterocycles. The van der Waals surface area contributed by atoms with Gasteiger partial charge in [-0.15, -0.1) is 0 Å². The van der Waals surface area contributed by atoms with Crippen molar-refractivity contribution in [3.63, 3.8) is 0 Å². The highest BCUT2D eigenvalue weighted by Gasteiger charge is 2.60. The molecule has 0 aromatic carbocycles. The number of carbonyl (C=O) groups is 1. The van der Waals surface area contributed by atoms with Crippen molar-refractivity contribution < 1.29 is 4.79 Å². The lowest BCUT2D eigenvalue weighted by Crippen LogP contribution is -2.48. The second-order valence-electron chi connectivity index (χ2n) is 6.44. The Morgan fingerprint density at radius 2 is 2.00 bits per heavy atom. The third-order valence-electron chi connectivity index (χ3n) is 4.99. The summed E-state index contributed by atoms with van der Waals surface area (Å²) < 4.78 is 0.213. The highest BCUT2D eigenvalue weighted by molar-refractivity contribution is 8.00. The van der Waals surface area contributed by atoms with Gasteiger partial charge in [0.2, 0.25) is 5.91 Å². The Morgan fingerprint density at radius 1 is 1.42 bits per heavy atom. The Hall–Kier alpha value is -0.220. The molecule has 0 bridgehead atoms. The number of nitrogens with zero attached hydrogens (tertiary/aromatic N) is 1. The van der Waals surface area contributed by atoms with Gasteiger partial charge in [-0.25, -0.2) is 0 Å². The molecule has 1 aliphatic heterocycles.